The first-order valence-electron chi connectivity index (χ1n) is 7.90. The number of methoxy groups -OCH3 is 1. The fourth-order valence-corrected chi connectivity index (χ4v) is 2.46. The summed E-state index contributed by atoms with van der Waals surface area (Å²) in [5, 5.41) is 10.8. The fraction of sp³-hybridized carbons (Fsp3) is 0.222. The van der Waals surface area contributed by atoms with Gasteiger partial charge in [-0.3, -0.25) is 14.9 Å². The largest absolute Gasteiger partial charge is 0.494 e. The molecule has 0 fully saturated rings. The molecule has 0 bridgehead atoms. The Hall–Kier alpha value is -3.20. The van der Waals surface area contributed by atoms with E-state index in [1.165, 1.54) is 37.3 Å². The van der Waals surface area contributed by atoms with Crippen LogP contribution in [0.3, 0.4) is 0 Å². The standard InChI is InChI=1S/C18H16ClFN2O6/c1-21(9-11-3-6-16(27-2)15(20)7-11)17(23)10-28-18(24)13-8-12(22(25)26)4-5-14(13)19/h3-8H,9-10H2,1-2H3. The van der Waals surface area contributed by atoms with E-state index in [1.54, 1.807) is 6.07 Å². The van der Waals surface area contributed by atoms with E-state index in [0.29, 0.717) is 5.56 Å². The number of likely N-dealkylation sites (N-methyl/N-ethyl adjacent to an activating group) is 1. The van der Waals surface area contributed by atoms with E-state index in [9.17, 15) is 24.1 Å². The van der Waals surface area contributed by atoms with Crippen LogP contribution in [0.15, 0.2) is 36.4 Å². The van der Waals surface area contributed by atoms with Gasteiger partial charge in [0.25, 0.3) is 11.6 Å². The Bertz CT molecular complexity index is 921. The molecule has 2 rings (SSSR count). The average Bonchev–Trinajstić information content (AvgIpc) is 2.66. The number of halogens is 2. The van der Waals surface area contributed by atoms with Crippen LogP contribution >= 0.6 is 11.6 Å². The van der Waals surface area contributed by atoms with Crippen molar-refractivity contribution >= 4 is 29.2 Å². The van der Waals surface area contributed by atoms with Gasteiger partial charge in [-0.05, 0) is 23.8 Å². The number of rotatable bonds is 7. The van der Waals surface area contributed by atoms with Gasteiger partial charge in [0.05, 0.1) is 22.6 Å². The van der Waals surface area contributed by atoms with Gasteiger partial charge >= 0.3 is 5.97 Å². The Morgan fingerprint density at radius 3 is 2.57 bits per heavy atom. The molecule has 0 saturated heterocycles. The maximum Gasteiger partial charge on any atom is 0.340 e. The van der Waals surface area contributed by atoms with E-state index >= 15 is 0 Å². The normalized spacial score (nSPS) is 10.3. The predicted octanol–water partition coefficient (Wildman–Crippen LogP) is 3.21. The first-order chi connectivity index (χ1) is 13.2. The fourth-order valence-electron chi connectivity index (χ4n) is 2.27. The topological polar surface area (TPSA) is 99.0 Å². The summed E-state index contributed by atoms with van der Waals surface area (Å²) in [6.07, 6.45) is 0. The number of ether oxygens (including phenoxy) is 2. The maximum absolute atomic E-state index is 13.7. The number of carbonyl (C=O) groups excluding carboxylic acids is 2. The molecule has 0 spiro atoms. The van der Waals surface area contributed by atoms with Gasteiger partial charge < -0.3 is 14.4 Å². The summed E-state index contributed by atoms with van der Waals surface area (Å²) in [5.41, 5.74) is -0.0351. The highest BCUT2D eigenvalue weighted by atomic mass is 35.5. The summed E-state index contributed by atoms with van der Waals surface area (Å²) >= 11 is 5.86. The SMILES string of the molecule is COc1ccc(CN(C)C(=O)COC(=O)c2cc([N+](=O)[O-])ccc2Cl)cc1F. The molecule has 8 nitrogen and oxygen atoms in total. The van der Waals surface area contributed by atoms with Gasteiger partial charge in [0, 0.05) is 25.7 Å². The van der Waals surface area contributed by atoms with Crippen LogP contribution in [-0.4, -0.2) is 42.5 Å². The monoisotopic (exact) mass is 410 g/mol. The Balaban J connectivity index is 1.97. The summed E-state index contributed by atoms with van der Waals surface area (Å²) in [5.74, 6) is -2.00. The Morgan fingerprint density at radius 2 is 1.96 bits per heavy atom. The lowest BCUT2D eigenvalue weighted by molar-refractivity contribution is -0.384. The van der Waals surface area contributed by atoms with Gasteiger partial charge in [-0.15, -0.1) is 0 Å². The van der Waals surface area contributed by atoms with Gasteiger partial charge in [0.2, 0.25) is 0 Å². The van der Waals surface area contributed by atoms with Gasteiger partial charge in [-0.1, -0.05) is 17.7 Å². The Kier molecular flexibility index (Phi) is 6.89. The zero-order valence-electron chi connectivity index (χ0n) is 15.0. The molecule has 0 aliphatic rings. The number of nitro benzene ring substituents is 1. The lowest BCUT2D eigenvalue weighted by Gasteiger charge is -2.17. The summed E-state index contributed by atoms with van der Waals surface area (Å²) in [6.45, 7) is -0.526. The first-order valence-corrected chi connectivity index (χ1v) is 8.28. The zero-order chi connectivity index (χ0) is 20.8. The molecule has 0 saturated carbocycles. The van der Waals surface area contributed by atoms with Crippen molar-refractivity contribution in [3.05, 3.63) is 68.5 Å². The minimum absolute atomic E-state index is 0.0369. The van der Waals surface area contributed by atoms with Crippen molar-refractivity contribution in [3.8, 4) is 5.75 Å². The van der Waals surface area contributed by atoms with Gasteiger partial charge in [0.1, 0.15) is 0 Å². The third-order valence-electron chi connectivity index (χ3n) is 3.77. The summed E-state index contributed by atoms with van der Waals surface area (Å²) in [6, 6.07) is 7.58. The highest BCUT2D eigenvalue weighted by molar-refractivity contribution is 6.33. The maximum atomic E-state index is 13.7. The van der Waals surface area contributed by atoms with Crippen LogP contribution in [0.1, 0.15) is 15.9 Å². The Morgan fingerprint density at radius 1 is 1.25 bits per heavy atom. The van der Waals surface area contributed by atoms with Crippen LogP contribution < -0.4 is 4.74 Å². The number of hydrogen-bond acceptors (Lipinski definition) is 6. The smallest absolute Gasteiger partial charge is 0.340 e. The second kappa shape index (κ2) is 9.14. The van der Waals surface area contributed by atoms with E-state index in [0.717, 1.165) is 12.1 Å². The number of non-ortho nitro benzene ring substituents is 1. The van der Waals surface area contributed by atoms with Crippen molar-refractivity contribution < 1.29 is 28.4 Å². The third kappa shape index (κ3) is 5.17. The van der Waals surface area contributed by atoms with Gasteiger partial charge in [-0.2, -0.15) is 0 Å². The molecule has 2 aromatic carbocycles. The molecule has 0 atom stereocenters. The van der Waals surface area contributed by atoms with Crippen molar-refractivity contribution in [3.63, 3.8) is 0 Å². The molecule has 10 heteroatoms. The van der Waals surface area contributed by atoms with E-state index in [4.69, 9.17) is 21.1 Å². The van der Waals surface area contributed by atoms with Crippen molar-refractivity contribution in [1.82, 2.24) is 4.90 Å². The molecule has 0 heterocycles. The molecule has 148 valence electrons. The van der Waals surface area contributed by atoms with Crippen LogP contribution in [0, 0.1) is 15.9 Å². The lowest BCUT2D eigenvalue weighted by Crippen LogP contribution is -2.30. The summed E-state index contributed by atoms with van der Waals surface area (Å²) in [4.78, 5) is 35.6. The van der Waals surface area contributed by atoms with Gasteiger partial charge in [0.15, 0.2) is 18.2 Å². The molecular weight excluding hydrogens is 395 g/mol. The molecule has 0 radical (unpaired) electrons. The third-order valence-corrected chi connectivity index (χ3v) is 4.10. The van der Waals surface area contributed by atoms with E-state index in [-0.39, 0.29) is 28.6 Å². The summed E-state index contributed by atoms with van der Waals surface area (Å²) in [7, 11) is 2.80. The number of hydrogen-bond donors (Lipinski definition) is 0. The summed E-state index contributed by atoms with van der Waals surface area (Å²) < 4.78 is 23.4. The molecule has 0 aromatic heterocycles. The van der Waals surface area contributed by atoms with Crippen molar-refractivity contribution in [2.24, 2.45) is 0 Å². The second-order valence-electron chi connectivity index (χ2n) is 5.72. The minimum Gasteiger partial charge on any atom is -0.494 e. The number of benzene rings is 2. The quantitative estimate of drug-likeness (QED) is 0.395. The predicted molar refractivity (Wildman–Crippen MR) is 97.8 cm³/mol. The van der Waals surface area contributed by atoms with Crippen LogP contribution in [0.2, 0.25) is 5.02 Å². The first kappa shape index (κ1) is 21.1. The zero-order valence-corrected chi connectivity index (χ0v) is 15.7. The number of amides is 1. The van der Waals surface area contributed by atoms with Crippen molar-refractivity contribution in [1.29, 1.82) is 0 Å². The van der Waals surface area contributed by atoms with E-state index < -0.39 is 29.2 Å². The number of nitrogens with zero attached hydrogens (tertiary/aromatic N) is 2. The van der Waals surface area contributed by atoms with Crippen LogP contribution in [0.5, 0.6) is 5.75 Å². The van der Waals surface area contributed by atoms with Crippen molar-refractivity contribution in [2.75, 3.05) is 20.8 Å². The number of esters is 1. The number of carbonyl (C=O) groups is 2. The highest BCUT2D eigenvalue weighted by Gasteiger charge is 2.19. The molecule has 0 aliphatic heterocycles. The molecule has 1 amide bonds. The Labute approximate surface area is 164 Å². The molecule has 28 heavy (non-hydrogen) atoms. The minimum atomic E-state index is -0.967. The molecule has 2 aromatic rings. The second-order valence-corrected chi connectivity index (χ2v) is 6.12. The van der Waals surface area contributed by atoms with Crippen LogP contribution in [0.4, 0.5) is 10.1 Å². The molecule has 0 unspecified atom stereocenters. The number of nitro groups is 1. The molecule has 0 aliphatic carbocycles. The van der Waals surface area contributed by atoms with E-state index in [2.05, 4.69) is 0 Å². The van der Waals surface area contributed by atoms with Crippen LogP contribution in [-0.2, 0) is 16.1 Å². The molecular formula is C18H16ClFN2O6. The van der Waals surface area contributed by atoms with E-state index in [1.807, 2.05) is 0 Å². The highest BCUT2D eigenvalue weighted by Crippen LogP contribution is 2.23. The van der Waals surface area contributed by atoms with Crippen molar-refractivity contribution in [2.45, 2.75) is 6.54 Å². The van der Waals surface area contributed by atoms with Crippen LogP contribution in [0.25, 0.3) is 0 Å². The average molecular weight is 411 g/mol. The molecule has 0 N–H and O–H groups in total. The van der Waals surface area contributed by atoms with Gasteiger partial charge in [-0.25, -0.2) is 9.18 Å². The lowest BCUT2D eigenvalue weighted by atomic mass is 10.2.